The number of hydrogen-bond acceptors (Lipinski definition) is 4. The molecule has 1 aromatic heterocycles. The van der Waals surface area contributed by atoms with Gasteiger partial charge < -0.3 is 10.0 Å². The molecule has 1 fully saturated rings. The maximum atomic E-state index is 12.3. The molecule has 6 heteroatoms. The number of nitrogens with zero attached hydrogens (tertiary/aromatic N) is 3. The lowest BCUT2D eigenvalue weighted by Gasteiger charge is -2.34. The van der Waals surface area contributed by atoms with Crippen LogP contribution in [0.5, 0.6) is 0 Å². The molecule has 0 spiro atoms. The van der Waals surface area contributed by atoms with Gasteiger partial charge in [-0.05, 0) is 38.8 Å². The van der Waals surface area contributed by atoms with Crippen molar-refractivity contribution in [1.82, 2.24) is 20.0 Å². The Morgan fingerprint density at radius 3 is 2.55 bits per heavy atom. The maximum Gasteiger partial charge on any atom is 0.223 e. The number of nitrogens with one attached hydrogen (secondary N) is 1. The first-order valence-electron chi connectivity index (χ1n) is 8.23. The van der Waals surface area contributed by atoms with Gasteiger partial charge in [0.2, 0.25) is 5.91 Å². The molecule has 2 N–H and O–H groups in total. The van der Waals surface area contributed by atoms with Crippen LogP contribution in [0, 0.1) is 13.8 Å². The number of carbonyl (C=O) groups excluding carboxylic acids is 1. The molecular formula is C16H28N4O2. The molecule has 0 aliphatic carbocycles. The van der Waals surface area contributed by atoms with Gasteiger partial charge in [-0.1, -0.05) is 0 Å². The highest BCUT2D eigenvalue weighted by molar-refractivity contribution is 5.76. The van der Waals surface area contributed by atoms with Gasteiger partial charge in [-0.15, -0.1) is 0 Å². The molecule has 0 bridgehead atoms. The second-order valence-electron chi connectivity index (χ2n) is 6.07. The third-order valence-electron chi connectivity index (χ3n) is 4.54. The van der Waals surface area contributed by atoms with Gasteiger partial charge in [0.15, 0.2) is 0 Å². The van der Waals surface area contributed by atoms with E-state index in [0.29, 0.717) is 12.8 Å². The summed E-state index contributed by atoms with van der Waals surface area (Å²) in [4.78, 5) is 16.6. The molecule has 0 saturated carbocycles. The fourth-order valence-corrected chi connectivity index (χ4v) is 2.83. The summed E-state index contributed by atoms with van der Waals surface area (Å²) in [6, 6.07) is 0. The van der Waals surface area contributed by atoms with E-state index in [9.17, 15) is 4.79 Å². The molecule has 0 radical (unpaired) electrons. The van der Waals surface area contributed by atoms with Gasteiger partial charge in [-0.25, -0.2) is 0 Å². The first kappa shape index (κ1) is 17.0. The number of piperazine rings is 1. The summed E-state index contributed by atoms with van der Waals surface area (Å²) in [5.41, 5.74) is 3.26. The summed E-state index contributed by atoms with van der Waals surface area (Å²) in [6.45, 7) is 8.86. The number of aliphatic hydroxyl groups excluding tert-OH is 1. The minimum atomic E-state index is 0.232. The molecule has 2 rings (SSSR count). The number of amides is 1. The Morgan fingerprint density at radius 2 is 1.95 bits per heavy atom. The monoisotopic (exact) mass is 308 g/mol. The second kappa shape index (κ2) is 8.29. The zero-order valence-corrected chi connectivity index (χ0v) is 13.8. The topological polar surface area (TPSA) is 72.5 Å². The average Bonchev–Trinajstić information content (AvgIpc) is 2.85. The van der Waals surface area contributed by atoms with Crippen LogP contribution < -0.4 is 0 Å². The minimum Gasteiger partial charge on any atom is -0.396 e. The lowest BCUT2D eigenvalue weighted by Crippen LogP contribution is -2.48. The number of unbranched alkanes of at least 4 members (excludes halogenated alkanes) is 1. The number of aryl methyl sites for hydroxylation is 2. The van der Waals surface area contributed by atoms with E-state index in [1.807, 2.05) is 18.7 Å². The van der Waals surface area contributed by atoms with E-state index < -0.39 is 0 Å². The normalized spacial score (nSPS) is 16.2. The van der Waals surface area contributed by atoms with E-state index >= 15 is 0 Å². The summed E-state index contributed by atoms with van der Waals surface area (Å²) in [5, 5.41) is 16.0. The van der Waals surface area contributed by atoms with E-state index in [4.69, 9.17) is 5.11 Å². The molecule has 2 heterocycles. The molecule has 0 aromatic carbocycles. The predicted octanol–water partition coefficient (Wildman–Crippen LogP) is 0.876. The standard InChI is InChI=1S/C16H28N4O2/c1-13-14(2)17-18-15(13)5-6-16(22)20-10-8-19(9-11-20)7-3-4-12-21/h21H,3-12H2,1-2H3,(H,17,18). The number of rotatable bonds is 7. The molecule has 1 aromatic rings. The summed E-state index contributed by atoms with van der Waals surface area (Å²) in [6.07, 6.45) is 3.14. The van der Waals surface area contributed by atoms with Crippen LogP contribution in [0.2, 0.25) is 0 Å². The first-order chi connectivity index (χ1) is 10.6. The molecule has 6 nitrogen and oxygen atoms in total. The van der Waals surface area contributed by atoms with E-state index in [1.54, 1.807) is 0 Å². The zero-order chi connectivity index (χ0) is 15.9. The van der Waals surface area contributed by atoms with Crippen molar-refractivity contribution < 1.29 is 9.90 Å². The van der Waals surface area contributed by atoms with Crippen molar-refractivity contribution in [2.24, 2.45) is 0 Å². The van der Waals surface area contributed by atoms with Gasteiger partial charge >= 0.3 is 0 Å². The number of hydrogen-bond donors (Lipinski definition) is 2. The Labute approximate surface area is 132 Å². The lowest BCUT2D eigenvalue weighted by molar-refractivity contribution is -0.132. The van der Waals surface area contributed by atoms with Crippen LogP contribution in [0.25, 0.3) is 0 Å². The fourth-order valence-electron chi connectivity index (χ4n) is 2.83. The SMILES string of the molecule is Cc1[nH]nc(CCC(=O)N2CCN(CCCCO)CC2)c1C. The molecule has 1 amide bonds. The van der Waals surface area contributed by atoms with Crippen molar-refractivity contribution in [1.29, 1.82) is 0 Å². The summed E-state index contributed by atoms with van der Waals surface area (Å²) >= 11 is 0. The number of aromatic nitrogens is 2. The van der Waals surface area contributed by atoms with Crippen LogP contribution in [-0.4, -0.2) is 70.3 Å². The van der Waals surface area contributed by atoms with Gasteiger partial charge in [-0.3, -0.25) is 14.8 Å². The third kappa shape index (κ3) is 4.55. The predicted molar refractivity (Wildman–Crippen MR) is 85.7 cm³/mol. The van der Waals surface area contributed by atoms with Crippen molar-refractivity contribution >= 4 is 5.91 Å². The molecule has 1 aliphatic heterocycles. The van der Waals surface area contributed by atoms with Gasteiger partial charge in [0.05, 0.1) is 5.69 Å². The Kier molecular flexibility index (Phi) is 6.39. The Morgan fingerprint density at radius 1 is 1.23 bits per heavy atom. The number of H-pyrrole nitrogens is 1. The molecule has 124 valence electrons. The van der Waals surface area contributed by atoms with Crippen LogP contribution >= 0.6 is 0 Å². The van der Waals surface area contributed by atoms with E-state index in [1.165, 1.54) is 5.56 Å². The number of aromatic amines is 1. The van der Waals surface area contributed by atoms with Crippen LogP contribution in [0.1, 0.15) is 36.2 Å². The van der Waals surface area contributed by atoms with Crippen molar-refractivity contribution in [3.05, 3.63) is 17.0 Å². The molecule has 1 saturated heterocycles. The Bertz CT molecular complexity index is 478. The minimum absolute atomic E-state index is 0.232. The van der Waals surface area contributed by atoms with Crippen molar-refractivity contribution in [2.75, 3.05) is 39.3 Å². The second-order valence-corrected chi connectivity index (χ2v) is 6.07. The van der Waals surface area contributed by atoms with Crippen LogP contribution in [0.4, 0.5) is 0 Å². The third-order valence-corrected chi connectivity index (χ3v) is 4.54. The average molecular weight is 308 g/mol. The number of aliphatic hydroxyl groups is 1. The molecule has 0 unspecified atom stereocenters. The molecule has 1 aliphatic rings. The smallest absolute Gasteiger partial charge is 0.223 e. The van der Waals surface area contributed by atoms with Crippen molar-refractivity contribution in [2.45, 2.75) is 39.5 Å². The quantitative estimate of drug-likeness (QED) is 0.733. The fraction of sp³-hybridized carbons (Fsp3) is 0.750. The van der Waals surface area contributed by atoms with Gasteiger partial charge in [-0.2, -0.15) is 5.10 Å². The van der Waals surface area contributed by atoms with E-state index in [0.717, 1.165) is 57.0 Å². The van der Waals surface area contributed by atoms with Crippen molar-refractivity contribution in [3.8, 4) is 0 Å². The first-order valence-corrected chi connectivity index (χ1v) is 8.23. The Hall–Kier alpha value is -1.40. The van der Waals surface area contributed by atoms with Crippen LogP contribution in [0.15, 0.2) is 0 Å². The highest BCUT2D eigenvalue weighted by Crippen LogP contribution is 2.12. The summed E-state index contributed by atoms with van der Waals surface area (Å²) < 4.78 is 0. The van der Waals surface area contributed by atoms with Gasteiger partial charge in [0.1, 0.15) is 0 Å². The highest BCUT2D eigenvalue weighted by atomic mass is 16.2. The van der Waals surface area contributed by atoms with Gasteiger partial charge in [0, 0.05) is 51.3 Å². The molecule has 22 heavy (non-hydrogen) atoms. The van der Waals surface area contributed by atoms with Crippen molar-refractivity contribution in [3.63, 3.8) is 0 Å². The lowest BCUT2D eigenvalue weighted by atomic mass is 10.1. The summed E-state index contributed by atoms with van der Waals surface area (Å²) in [5.74, 6) is 0.232. The molecular weight excluding hydrogens is 280 g/mol. The number of carbonyl (C=O) groups is 1. The van der Waals surface area contributed by atoms with E-state index in [2.05, 4.69) is 15.1 Å². The maximum absolute atomic E-state index is 12.3. The van der Waals surface area contributed by atoms with Gasteiger partial charge in [0.25, 0.3) is 0 Å². The molecule has 0 atom stereocenters. The van der Waals surface area contributed by atoms with E-state index in [-0.39, 0.29) is 12.5 Å². The largest absolute Gasteiger partial charge is 0.396 e. The highest BCUT2D eigenvalue weighted by Gasteiger charge is 2.21. The summed E-state index contributed by atoms with van der Waals surface area (Å²) in [7, 11) is 0. The van der Waals surface area contributed by atoms with Crippen LogP contribution in [0.3, 0.4) is 0 Å². The zero-order valence-electron chi connectivity index (χ0n) is 13.8. The van der Waals surface area contributed by atoms with Crippen LogP contribution in [-0.2, 0) is 11.2 Å². The Balaban J connectivity index is 1.70.